The molecule has 0 bridgehead atoms. The van der Waals surface area contributed by atoms with Crippen molar-refractivity contribution in [2.24, 2.45) is 5.41 Å². The third-order valence-corrected chi connectivity index (χ3v) is 4.62. The maximum absolute atomic E-state index is 4.16. The fourth-order valence-electron chi connectivity index (χ4n) is 3.25. The summed E-state index contributed by atoms with van der Waals surface area (Å²) >= 11 is 0. The highest BCUT2D eigenvalue weighted by Crippen LogP contribution is 2.35. The Morgan fingerprint density at radius 1 is 1.19 bits per heavy atom. The van der Waals surface area contributed by atoms with Gasteiger partial charge in [0.1, 0.15) is 0 Å². The molecule has 3 heteroatoms. The molecule has 2 aromatic rings. The van der Waals surface area contributed by atoms with Gasteiger partial charge in [-0.3, -0.25) is 0 Å². The minimum atomic E-state index is 0.500. The first kappa shape index (κ1) is 14.2. The Hall–Kier alpha value is -1.77. The second-order valence-electron chi connectivity index (χ2n) is 6.92. The van der Waals surface area contributed by atoms with E-state index >= 15 is 0 Å². The lowest BCUT2D eigenvalue weighted by molar-refractivity contribution is 0.313. The largest absolute Gasteiger partial charge is 0.381 e. The first-order valence-electron chi connectivity index (χ1n) is 7.98. The summed E-state index contributed by atoms with van der Waals surface area (Å²) in [5.74, 6) is 0. The number of aromatic nitrogens is 2. The van der Waals surface area contributed by atoms with Gasteiger partial charge in [-0.2, -0.15) is 0 Å². The zero-order valence-electron chi connectivity index (χ0n) is 13.0. The maximum Gasteiger partial charge on any atom is 0.0992 e. The number of hydrogen-bond donors (Lipinski definition) is 1. The summed E-state index contributed by atoms with van der Waals surface area (Å²) in [7, 11) is 0. The molecule has 1 fully saturated rings. The van der Waals surface area contributed by atoms with Crippen LogP contribution >= 0.6 is 0 Å². The van der Waals surface area contributed by atoms with E-state index in [-0.39, 0.29) is 0 Å². The van der Waals surface area contributed by atoms with Crippen LogP contribution in [0.4, 0.5) is 5.69 Å². The number of imidazole rings is 1. The summed E-state index contributed by atoms with van der Waals surface area (Å²) in [6, 6.07) is 9.08. The Balaban J connectivity index is 1.76. The van der Waals surface area contributed by atoms with Crippen LogP contribution in [0.2, 0.25) is 0 Å². The Morgan fingerprint density at radius 2 is 2.05 bits per heavy atom. The van der Waals surface area contributed by atoms with Crippen molar-refractivity contribution in [3.63, 3.8) is 0 Å². The Labute approximate surface area is 127 Å². The van der Waals surface area contributed by atoms with Crippen molar-refractivity contribution in [1.82, 2.24) is 9.55 Å². The highest BCUT2D eigenvalue weighted by atomic mass is 15.1. The van der Waals surface area contributed by atoms with E-state index in [1.165, 1.54) is 43.5 Å². The van der Waals surface area contributed by atoms with Gasteiger partial charge in [0.25, 0.3) is 0 Å². The molecular formula is C18H25N3. The van der Waals surface area contributed by atoms with Gasteiger partial charge in [-0.15, -0.1) is 0 Å². The molecule has 1 N–H and O–H groups in total. The van der Waals surface area contributed by atoms with Gasteiger partial charge in [-0.05, 0) is 43.2 Å². The second-order valence-corrected chi connectivity index (χ2v) is 6.92. The molecule has 3 nitrogen and oxygen atoms in total. The van der Waals surface area contributed by atoms with Crippen molar-refractivity contribution >= 4 is 5.69 Å². The van der Waals surface area contributed by atoms with E-state index in [1.807, 2.05) is 18.7 Å². The first-order chi connectivity index (χ1) is 10.1. The normalized spacial score (nSPS) is 21.7. The fourth-order valence-corrected chi connectivity index (χ4v) is 3.25. The van der Waals surface area contributed by atoms with Crippen LogP contribution in [0.25, 0.3) is 5.69 Å². The van der Waals surface area contributed by atoms with E-state index < -0.39 is 0 Å². The van der Waals surface area contributed by atoms with Gasteiger partial charge in [-0.1, -0.05) is 32.4 Å². The van der Waals surface area contributed by atoms with Gasteiger partial charge < -0.3 is 9.88 Å². The number of nitrogens with one attached hydrogen (secondary N) is 1. The standard InChI is InChI=1S/C18H25N3/c1-18(2)10-5-6-15(9-11-18)20-16-7-3-4-8-17(16)21-13-12-19-14-21/h3-4,7-8,12-15,20H,5-6,9-11H2,1-2H3. The van der Waals surface area contributed by atoms with Crippen LogP contribution in [0.5, 0.6) is 0 Å². The number of benzene rings is 1. The molecule has 0 spiro atoms. The Bertz CT molecular complexity index is 572. The lowest BCUT2D eigenvalue weighted by Crippen LogP contribution is -2.20. The second kappa shape index (κ2) is 5.92. The van der Waals surface area contributed by atoms with Crippen molar-refractivity contribution in [2.75, 3.05) is 5.32 Å². The monoisotopic (exact) mass is 283 g/mol. The predicted molar refractivity (Wildman–Crippen MR) is 87.8 cm³/mol. The van der Waals surface area contributed by atoms with E-state index in [4.69, 9.17) is 0 Å². The zero-order valence-corrected chi connectivity index (χ0v) is 13.0. The molecule has 21 heavy (non-hydrogen) atoms. The summed E-state index contributed by atoms with van der Waals surface area (Å²) in [6.07, 6.45) is 12.2. The van der Waals surface area contributed by atoms with Gasteiger partial charge in [0.15, 0.2) is 0 Å². The van der Waals surface area contributed by atoms with Crippen molar-refractivity contribution in [3.05, 3.63) is 43.0 Å². The number of rotatable bonds is 3. The van der Waals surface area contributed by atoms with Crippen LogP contribution < -0.4 is 5.32 Å². The fraction of sp³-hybridized carbons (Fsp3) is 0.500. The van der Waals surface area contributed by atoms with E-state index in [0.29, 0.717) is 11.5 Å². The summed E-state index contributed by atoms with van der Waals surface area (Å²) in [5, 5.41) is 3.77. The summed E-state index contributed by atoms with van der Waals surface area (Å²) in [5.41, 5.74) is 2.89. The molecule has 3 rings (SSSR count). The number of nitrogens with zero attached hydrogens (tertiary/aromatic N) is 2. The average Bonchev–Trinajstić information content (AvgIpc) is 2.93. The number of anilines is 1. The van der Waals surface area contributed by atoms with Gasteiger partial charge in [0.05, 0.1) is 17.7 Å². The summed E-state index contributed by atoms with van der Waals surface area (Å²) in [6.45, 7) is 4.80. The molecule has 1 unspecified atom stereocenters. The Morgan fingerprint density at radius 3 is 2.86 bits per heavy atom. The molecule has 1 atom stereocenters. The molecule has 0 saturated heterocycles. The van der Waals surface area contributed by atoms with Crippen LogP contribution in [0.3, 0.4) is 0 Å². The van der Waals surface area contributed by atoms with Gasteiger partial charge >= 0.3 is 0 Å². The zero-order chi connectivity index (χ0) is 14.7. The van der Waals surface area contributed by atoms with E-state index in [0.717, 1.165) is 0 Å². The average molecular weight is 283 g/mol. The third kappa shape index (κ3) is 3.46. The van der Waals surface area contributed by atoms with Crippen LogP contribution in [0.15, 0.2) is 43.0 Å². The molecule has 0 radical (unpaired) electrons. The topological polar surface area (TPSA) is 29.9 Å². The van der Waals surface area contributed by atoms with Crippen molar-refractivity contribution in [2.45, 2.75) is 52.0 Å². The molecule has 1 aliphatic carbocycles. The minimum Gasteiger partial charge on any atom is -0.381 e. The third-order valence-electron chi connectivity index (χ3n) is 4.62. The van der Waals surface area contributed by atoms with Crippen LogP contribution in [-0.2, 0) is 0 Å². The maximum atomic E-state index is 4.16. The molecule has 1 saturated carbocycles. The van der Waals surface area contributed by atoms with Gasteiger partial charge in [-0.25, -0.2) is 4.98 Å². The smallest absolute Gasteiger partial charge is 0.0992 e. The van der Waals surface area contributed by atoms with Crippen LogP contribution in [0.1, 0.15) is 46.0 Å². The van der Waals surface area contributed by atoms with Crippen molar-refractivity contribution < 1.29 is 0 Å². The van der Waals surface area contributed by atoms with Gasteiger partial charge in [0.2, 0.25) is 0 Å². The van der Waals surface area contributed by atoms with Crippen LogP contribution in [0, 0.1) is 5.41 Å². The van der Waals surface area contributed by atoms with Crippen LogP contribution in [-0.4, -0.2) is 15.6 Å². The molecule has 1 aromatic heterocycles. The van der Waals surface area contributed by atoms with E-state index in [9.17, 15) is 0 Å². The lowest BCUT2D eigenvalue weighted by atomic mass is 9.85. The number of para-hydroxylation sites is 2. The summed E-state index contributed by atoms with van der Waals surface area (Å²) in [4.78, 5) is 4.16. The van der Waals surface area contributed by atoms with Gasteiger partial charge in [0, 0.05) is 18.4 Å². The quantitative estimate of drug-likeness (QED) is 0.831. The minimum absolute atomic E-state index is 0.500. The molecular weight excluding hydrogens is 258 g/mol. The highest BCUT2D eigenvalue weighted by molar-refractivity contribution is 5.61. The van der Waals surface area contributed by atoms with E-state index in [1.54, 1.807) is 0 Å². The highest BCUT2D eigenvalue weighted by Gasteiger charge is 2.24. The molecule has 1 heterocycles. The molecule has 0 aliphatic heterocycles. The summed E-state index contributed by atoms with van der Waals surface area (Å²) < 4.78 is 2.07. The molecule has 1 aromatic carbocycles. The predicted octanol–water partition coefficient (Wildman–Crippen LogP) is 4.64. The molecule has 1 aliphatic rings. The molecule has 0 amide bonds. The SMILES string of the molecule is CC1(C)CCCC(Nc2ccccc2-n2ccnc2)CC1. The Kier molecular flexibility index (Phi) is 4.00. The lowest BCUT2D eigenvalue weighted by Gasteiger charge is -2.23. The van der Waals surface area contributed by atoms with E-state index in [2.05, 4.69) is 53.0 Å². The first-order valence-corrected chi connectivity index (χ1v) is 7.98. The molecule has 112 valence electrons. The van der Waals surface area contributed by atoms with Crippen molar-refractivity contribution in [3.8, 4) is 5.69 Å². The number of hydrogen-bond acceptors (Lipinski definition) is 2. The van der Waals surface area contributed by atoms with Crippen molar-refractivity contribution in [1.29, 1.82) is 0 Å².